The van der Waals surface area contributed by atoms with Gasteiger partial charge in [0.25, 0.3) is 0 Å². The van der Waals surface area contributed by atoms with Crippen LogP contribution in [-0.4, -0.2) is 61.3 Å². The maximum Gasteiger partial charge on any atom is 0.409 e. The Kier molecular flexibility index (Phi) is 8.08. The van der Waals surface area contributed by atoms with E-state index in [1.165, 1.54) is 12.7 Å². The zero-order chi connectivity index (χ0) is 27.3. The number of rotatable bonds is 8. The first-order chi connectivity index (χ1) is 18.1. The van der Waals surface area contributed by atoms with E-state index in [1.54, 1.807) is 25.3 Å². The predicted molar refractivity (Wildman–Crippen MR) is 137 cm³/mol. The Labute approximate surface area is 220 Å². The van der Waals surface area contributed by atoms with Crippen LogP contribution in [0.5, 0.6) is 0 Å². The fourth-order valence-electron chi connectivity index (χ4n) is 4.30. The topological polar surface area (TPSA) is 149 Å². The van der Waals surface area contributed by atoms with Gasteiger partial charge >= 0.3 is 18.0 Å². The van der Waals surface area contributed by atoms with Crippen LogP contribution < -0.4 is 10.2 Å². The number of fused-ring (bicyclic) bond motifs is 1. The Morgan fingerprint density at radius 2 is 1.82 bits per heavy atom. The van der Waals surface area contributed by atoms with Crippen LogP contribution in [0.1, 0.15) is 51.8 Å². The average molecular weight is 525 g/mol. The maximum absolute atomic E-state index is 12.7. The number of hydrogen-bond acceptors (Lipinski definition) is 9. The second kappa shape index (κ2) is 11.4. The van der Waals surface area contributed by atoms with Gasteiger partial charge in [-0.3, -0.25) is 14.2 Å². The summed E-state index contributed by atoms with van der Waals surface area (Å²) in [6, 6.07) is 9.25. The van der Waals surface area contributed by atoms with E-state index >= 15 is 0 Å². The number of carbonyl (C=O) groups excluding carboxylic acids is 2. The highest BCUT2D eigenvalue weighted by molar-refractivity contribution is 5.84. The van der Waals surface area contributed by atoms with Crippen molar-refractivity contribution >= 4 is 35.0 Å². The van der Waals surface area contributed by atoms with Crippen LogP contribution in [-0.2, 0) is 25.7 Å². The lowest BCUT2D eigenvalue weighted by Gasteiger charge is -2.30. The molecule has 1 saturated heterocycles. The highest BCUT2D eigenvalue weighted by atomic mass is 16.6. The quantitative estimate of drug-likeness (QED) is 0.420. The third-order valence-corrected chi connectivity index (χ3v) is 6.10. The SMILES string of the molecule is CC(C)(C)OC(=O)CC(NC(=O)OCc1ccccc1)n1cnc2c(N3CCC(C(=O)O)CC3)ncnc21. The minimum Gasteiger partial charge on any atom is -0.481 e. The van der Waals surface area contributed by atoms with Crippen LogP contribution >= 0.6 is 0 Å². The van der Waals surface area contributed by atoms with Crippen molar-refractivity contribution in [2.45, 2.75) is 58.4 Å². The molecule has 0 radical (unpaired) electrons. The van der Waals surface area contributed by atoms with Gasteiger partial charge in [0.2, 0.25) is 0 Å². The molecule has 0 saturated carbocycles. The molecule has 3 heterocycles. The number of carbonyl (C=O) groups is 3. The van der Waals surface area contributed by atoms with Crippen LogP contribution in [0.3, 0.4) is 0 Å². The summed E-state index contributed by atoms with van der Waals surface area (Å²) in [5.41, 5.74) is 1.01. The van der Waals surface area contributed by atoms with E-state index in [4.69, 9.17) is 9.47 Å². The van der Waals surface area contributed by atoms with Crippen LogP contribution in [0.15, 0.2) is 43.0 Å². The molecule has 2 N–H and O–H groups in total. The summed E-state index contributed by atoms with van der Waals surface area (Å²) in [6.45, 7) is 6.39. The summed E-state index contributed by atoms with van der Waals surface area (Å²) in [4.78, 5) is 52.0. The molecule has 1 aromatic carbocycles. The lowest BCUT2D eigenvalue weighted by atomic mass is 9.97. The fraction of sp³-hybridized carbons (Fsp3) is 0.462. The number of imidazole rings is 1. The van der Waals surface area contributed by atoms with Gasteiger partial charge in [-0.05, 0) is 39.2 Å². The summed E-state index contributed by atoms with van der Waals surface area (Å²) < 4.78 is 12.4. The minimum absolute atomic E-state index is 0.0646. The Morgan fingerprint density at radius 1 is 1.11 bits per heavy atom. The standard InChI is InChI=1S/C26H32N6O6/c1-26(2,3)38-20(33)13-19(30-25(36)37-14-17-7-5-4-6-8-17)32-16-29-21-22(27-15-28-23(21)32)31-11-9-18(10-12-31)24(34)35/h4-8,15-16,18-19H,9-14H2,1-3H3,(H,30,36)(H,34,35). The lowest BCUT2D eigenvalue weighted by molar-refractivity contribution is -0.156. The van der Waals surface area contributed by atoms with Crippen molar-refractivity contribution in [2.24, 2.45) is 5.92 Å². The molecule has 1 aliphatic rings. The molecule has 0 spiro atoms. The highest BCUT2D eigenvalue weighted by Gasteiger charge is 2.29. The van der Waals surface area contributed by atoms with Gasteiger partial charge in [0.05, 0.1) is 18.7 Å². The Balaban J connectivity index is 1.56. The number of benzene rings is 1. The number of alkyl carbamates (subject to hydrolysis) is 1. The molecule has 3 aromatic rings. The van der Waals surface area contributed by atoms with Crippen LogP contribution in [0.25, 0.3) is 11.2 Å². The fourth-order valence-corrected chi connectivity index (χ4v) is 4.30. The van der Waals surface area contributed by atoms with E-state index in [0.29, 0.717) is 42.9 Å². The second-order valence-corrected chi connectivity index (χ2v) is 10.1. The molecule has 0 aliphatic carbocycles. The normalized spacial score (nSPS) is 15.2. The van der Waals surface area contributed by atoms with E-state index in [0.717, 1.165) is 5.56 Å². The van der Waals surface area contributed by atoms with Gasteiger partial charge in [0.15, 0.2) is 17.0 Å². The number of carboxylic acids is 1. The van der Waals surface area contributed by atoms with E-state index < -0.39 is 29.8 Å². The Morgan fingerprint density at radius 3 is 2.47 bits per heavy atom. The second-order valence-electron chi connectivity index (χ2n) is 10.1. The van der Waals surface area contributed by atoms with E-state index in [1.807, 2.05) is 35.2 Å². The van der Waals surface area contributed by atoms with Crippen LogP contribution in [0, 0.1) is 5.92 Å². The molecular formula is C26H32N6O6. The molecule has 12 heteroatoms. The molecule has 12 nitrogen and oxygen atoms in total. The van der Waals surface area contributed by atoms with E-state index in [-0.39, 0.29) is 18.9 Å². The maximum atomic E-state index is 12.7. The van der Waals surface area contributed by atoms with Crippen molar-refractivity contribution in [2.75, 3.05) is 18.0 Å². The van der Waals surface area contributed by atoms with E-state index in [2.05, 4.69) is 20.3 Å². The van der Waals surface area contributed by atoms with Gasteiger partial charge < -0.3 is 24.8 Å². The summed E-state index contributed by atoms with van der Waals surface area (Å²) in [5, 5.41) is 12.0. The number of carboxylic acid groups (broad SMARTS) is 1. The van der Waals surface area contributed by atoms with Crippen molar-refractivity contribution < 1.29 is 29.0 Å². The molecular weight excluding hydrogens is 492 g/mol. The molecule has 1 unspecified atom stereocenters. The van der Waals surface area contributed by atoms with Gasteiger partial charge in [-0.25, -0.2) is 19.7 Å². The van der Waals surface area contributed by atoms with Crippen LogP contribution in [0.2, 0.25) is 0 Å². The number of ether oxygens (including phenoxy) is 2. The molecule has 1 amide bonds. The minimum atomic E-state index is -0.890. The summed E-state index contributed by atoms with van der Waals surface area (Å²) in [5.74, 6) is -1.12. The smallest absolute Gasteiger partial charge is 0.409 e. The number of nitrogens with zero attached hydrogens (tertiary/aromatic N) is 5. The van der Waals surface area contributed by atoms with Crippen molar-refractivity contribution in [1.29, 1.82) is 0 Å². The van der Waals surface area contributed by atoms with E-state index in [9.17, 15) is 19.5 Å². The summed E-state index contributed by atoms with van der Waals surface area (Å²) in [6.07, 6.45) is 2.08. The lowest BCUT2D eigenvalue weighted by Crippen LogP contribution is -2.37. The molecule has 202 valence electrons. The summed E-state index contributed by atoms with van der Waals surface area (Å²) >= 11 is 0. The molecule has 38 heavy (non-hydrogen) atoms. The van der Waals surface area contributed by atoms with Gasteiger partial charge in [-0.2, -0.15) is 0 Å². The number of esters is 1. The van der Waals surface area contributed by atoms with Crippen molar-refractivity contribution in [3.8, 4) is 0 Å². The largest absolute Gasteiger partial charge is 0.481 e. The van der Waals surface area contributed by atoms with Gasteiger partial charge in [0, 0.05) is 13.1 Å². The Hall–Kier alpha value is -4.22. The van der Waals surface area contributed by atoms with Gasteiger partial charge in [-0.1, -0.05) is 30.3 Å². The zero-order valence-corrected chi connectivity index (χ0v) is 21.7. The first kappa shape index (κ1) is 26.8. The van der Waals surface area contributed by atoms with Crippen molar-refractivity contribution in [3.05, 3.63) is 48.5 Å². The number of aliphatic carboxylic acids is 1. The molecule has 1 atom stereocenters. The number of hydrogen-bond donors (Lipinski definition) is 2. The molecule has 0 bridgehead atoms. The number of anilines is 1. The molecule has 4 rings (SSSR count). The highest BCUT2D eigenvalue weighted by Crippen LogP contribution is 2.28. The third-order valence-electron chi connectivity index (χ3n) is 6.10. The van der Waals surface area contributed by atoms with Crippen LogP contribution in [0.4, 0.5) is 10.6 Å². The average Bonchev–Trinajstić information content (AvgIpc) is 3.31. The van der Waals surface area contributed by atoms with Gasteiger partial charge in [0.1, 0.15) is 24.7 Å². The molecule has 1 fully saturated rings. The Bertz CT molecular complexity index is 1280. The van der Waals surface area contributed by atoms with Crippen molar-refractivity contribution in [3.63, 3.8) is 0 Å². The number of piperidine rings is 1. The predicted octanol–water partition coefficient (Wildman–Crippen LogP) is 3.28. The van der Waals surface area contributed by atoms with Crippen molar-refractivity contribution in [1.82, 2.24) is 24.8 Å². The first-order valence-corrected chi connectivity index (χ1v) is 12.4. The van der Waals surface area contributed by atoms with Gasteiger partial charge in [-0.15, -0.1) is 0 Å². The third kappa shape index (κ3) is 6.75. The monoisotopic (exact) mass is 524 g/mol. The molecule has 1 aliphatic heterocycles. The summed E-state index contributed by atoms with van der Waals surface area (Å²) in [7, 11) is 0. The molecule has 2 aromatic heterocycles. The number of nitrogens with one attached hydrogen (secondary N) is 1. The first-order valence-electron chi connectivity index (χ1n) is 12.4. The number of amides is 1. The number of aromatic nitrogens is 4. The zero-order valence-electron chi connectivity index (χ0n) is 21.7.